The van der Waals surface area contributed by atoms with Crippen LogP contribution in [-0.2, 0) is 11.8 Å². The lowest BCUT2D eigenvalue weighted by Crippen LogP contribution is -2.07. The molecular weight excluding hydrogens is 216 g/mol. The van der Waals surface area contributed by atoms with Crippen molar-refractivity contribution in [2.24, 2.45) is 7.05 Å². The Morgan fingerprint density at radius 1 is 1.41 bits per heavy atom. The van der Waals surface area contributed by atoms with Crippen LogP contribution in [0.15, 0.2) is 30.7 Å². The van der Waals surface area contributed by atoms with Gasteiger partial charge in [0.2, 0.25) is 0 Å². The lowest BCUT2D eigenvalue weighted by atomic mass is 10.2. The second kappa shape index (κ2) is 5.45. The van der Waals surface area contributed by atoms with Gasteiger partial charge in [0.05, 0.1) is 18.0 Å². The van der Waals surface area contributed by atoms with E-state index in [0.717, 1.165) is 23.5 Å². The Balaban J connectivity index is 2.14. The second-order valence-electron chi connectivity index (χ2n) is 3.72. The smallest absolute Gasteiger partial charge is 0.0695 e. The standard InChI is InChI=1S/C12H16N4O/c1-16-12(3-4-15-16)10-7-11(9-13-8-10)14-5-6-17-2/h3-4,7-9,14H,5-6H2,1-2H3. The number of ether oxygens (including phenoxy) is 1. The number of rotatable bonds is 5. The minimum atomic E-state index is 0.677. The number of methoxy groups -OCH3 is 1. The van der Waals surface area contributed by atoms with Crippen LogP contribution in [0, 0.1) is 0 Å². The zero-order chi connectivity index (χ0) is 12.1. The molecule has 0 aliphatic heterocycles. The number of nitrogens with zero attached hydrogens (tertiary/aromatic N) is 3. The van der Waals surface area contributed by atoms with E-state index in [2.05, 4.69) is 21.5 Å². The molecule has 0 saturated carbocycles. The quantitative estimate of drug-likeness (QED) is 0.794. The molecule has 2 rings (SSSR count). The third-order valence-corrected chi connectivity index (χ3v) is 2.49. The van der Waals surface area contributed by atoms with Gasteiger partial charge in [-0.1, -0.05) is 0 Å². The average molecular weight is 232 g/mol. The summed E-state index contributed by atoms with van der Waals surface area (Å²) in [5, 5.41) is 7.40. The van der Waals surface area contributed by atoms with Gasteiger partial charge in [0.25, 0.3) is 0 Å². The van der Waals surface area contributed by atoms with E-state index in [1.54, 1.807) is 19.5 Å². The maximum Gasteiger partial charge on any atom is 0.0695 e. The zero-order valence-electron chi connectivity index (χ0n) is 10.1. The molecule has 5 heteroatoms. The van der Waals surface area contributed by atoms with Crippen molar-refractivity contribution in [3.8, 4) is 11.3 Å². The Labute approximate surface area is 100 Å². The van der Waals surface area contributed by atoms with E-state index in [0.29, 0.717) is 6.61 Å². The molecule has 2 aromatic rings. The monoisotopic (exact) mass is 232 g/mol. The van der Waals surface area contributed by atoms with Crippen LogP contribution in [0.4, 0.5) is 5.69 Å². The summed E-state index contributed by atoms with van der Waals surface area (Å²) < 4.78 is 6.82. The fourth-order valence-corrected chi connectivity index (χ4v) is 1.63. The molecule has 0 unspecified atom stereocenters. The summed E-state index contributed by atoms with van der Waals surface area (Å²) in [6.45, 7) is 1.45. The summed E-state index contributed by atoms with van der Waals surface area (Å²) in [4.78, 5) is 4.22. The summed E-state index contributed by atoms with van der Waals surface area (Å²) in [6, 6.07) is 4.02. The summed E-state index contributed by atoms with van der Waals surface area (Å²) in [5.41, 5.74) is 3.08. The average Bonchev–Trinajstić information content (AvgIpc) is 2.76. The van der Waals surface area contributed by atoms with Gasteiger partial charge in [-0.05, 0) is 12.1 Å². The highest BCUT2D eigenvalue weighted by Crippen LogP contribution is 2.20. The topological polar surface area (TPSA) is 52.0 Å². The molecule has 0 fully saturated rings. The first-order chi connectivity index (χ1) is 8.31. The van der Waals surface area contributed by atoms with E-state index in [1.807, 2.05) is 24.0 Å². The largest absolute Gasteiger partial charge is 0.383 e. The number of pyridine rings is 1. The van der Waals surface area contributed by atoms with Gasteiger partial charge in [-0.25, -0.2) is 0 Å². The Bertz CT molecular complexity index is 481. The normalized spacial score (nSPS) is 10.5. The number of hydrogen-bond acceptors (Lipinski definition) is 4. The van der Waals surface area contributed by atoms with Crippen LogP contribution in [0.3, 0.4) is 0 Å². The number of anilines is 1. The van der Waals surface area contributed by atoms with Crippen molar-refractivity contribution >= 4 is 5.69 Å². The van der Waals surface area contributed by atoms with E-state index in [-0.39, 0.29) is 0 Å². The summed E-state index contributed by atoms with van der Waals surface area (Å²) in [6.07, 6.45) is 5.41. The molecule has 2 heterocycles. The van der Waals surface area contributed by atoms with Crippen LogP contribution in [0.2, 0.25) is 0 Å². The van der Waals surface area contributed by atoms with Crippen molar-refractivity contribution < 1.29 is 4.74 Å². The Morgan fingerprint density at radius 3 is 3.00 bits per heavy atom. The molecule has 0 aromatic carbocycles. The third kappa shape index (κ3) is 2.82. The van der Waals surface area contributed by atoms with Gasteiger partial charge in [-0.3, -0.25) is 9.67 Å². The summed E-state index contributed by atoms with van der Waals surface area (Å²) >= 11 is 0. The van der Waals surface area contributed by atoms with Crippen molar-refractivity contribution in [1.82, 2.24) is 14.8 Å². The Hall–Kier alpha value is -1.88. The van der Waals surface area contributed by atoms with Gasteiger partial charge in [0.15, 0.2) is 0 Å². The zero-order valence-corrected chi connectivity index (χ0v) is 10.1. The predicted octanol–water partition coefficient (Wildman–Crippen LogP) is 1.54. The lowest BCUT2D eigenvalue weighted by molar-refractivity contribution is 0.211. The number of hydrogen-bond donors (Lipinski definition) is 1. The van der Waals surface area contributed by atoms with Crippen molar-refractivity contribution in [1.29, 1.82) is 0 Å². The van der Waals surface area contributed by atoms with Crippen molar-refractivity contribution in [2.75, 3.05) is 25.6 Å². The highest BCUT2D eigenvalue weighted by Gasteiger charge is 2.03. The van der Waals surface area contributed by atoms with E-state index in [1.165, 1.54) is 0 Å². The van der Waals surface area contributed by atoms with E-state index < -0.39 is 0 Å². The van der Waals surface area contributed by atoms with Gasteiger partial charge >= 0.3 is 0 Å². The third-order valence-electron chi connectivity index (χ3n) is 2.49. The fourth-order valence-electron chi connectivity index (χ4n) is 1.63. The van der Waals surface area contributed by atoms with Crippen LogP contribution < -0.4 is 5.32 Å². The maximum atomic E-state index is 4.99. The molecule has 5 nitrogen and oxygen atoms in total. The maximum absolute atomic E-state index is 4.99. The van der Waals surface area contributed by atoms with Crippen LogP contribution in [0.1, 0.15) is 0 Å². The highest BCUT2D eigenvalue weighted by molar-refractivity contribution is 5.63. The second-order valence-corrected chi connectivity index (χ2v) is 3.72. The Morgan fingerprint density at radius 2 is 2.29 bits per heavy atom. The first kappa shape index (κ1) is 11.6. The van der Waals surface area contributed by atoms with Gasteiger partial charge in [0, 0.05) is 44.9 Å². The first-order valence-corrected chi connectivity index (χ1v) is 5.47. The molecule has 0 spiro atoms. The van der Waals surface area contributed by atoms with Gasteiger partial charge in [0.1, 0.15) is 0 Å². The van der Waals surface area contributed by atoms with Crippen LogP contribution >= 0.6 is 0 Å². The SMILES string of the molecule is COCCNc1cncc(-c2ccnn2C)c1. The molecule has 0 aliphatic carbocycles. The molecular formula is C12H16N4O. The lowest BCUT2D eigenvalue weighted by Gasteiger charge is -2.07. The molecule has 1 N–H and O–H groups in total. The van der Waals surface area contributed by atoms with E-state index in [9.17, 15) is 0 Å². The predicted molar refractivity (Wildman–Crippen MR) is 66.8 cm³/mol. The molecule has 0 bridgehead atoms. The van der Waals surface area contributed by atoms with Gasteiger partial charge in [-0.2, -0.15) is 5.10 Å². The highest BCUT2D eigenvalue weighted by atomic mass is 16.5. The first-order valence-electron chi connectivity index (χ1n) is 5.47. The van der Waals surface area contributed by atoms with Crippen molar-refractivity contribution in [2.45, 2.75) is 0 Å². The van der Waals surface area contributed by atoms with Crippen molar-refractivity contribution in [3.05, 3.63) is 30.7 Å². The molecule has 17 heavy (non-hydrogen) atoms. The molecule has 0 saturated heterocycles. The minimum absolute atomic E-state index is 0.677. The number of nitrogens with one attached hydrogen (secondary N) is 1. The summed E-state index contributed by atoms with van der Waals surface area (Å²) in [7, 11) is 3.60. The molecule has 0 radical (unpaired) electrons. The Kier molecular flexibility index (Phi) is 3.72. The van der Waals surface area contributed by atoms with Crippen LogP contribution in [0.25, 0.3) is 11.3 Å². The fraction of sp³-hybridized carbons (Fsp3) is 0.333. The minimum Gasteiger partial charge on any atom is -0.383 e. The van der Waals surface area contributed by atoms with E-state index >= 15 is 0 Å². The molecule has 0 amide bonds. The van der Waals surface area contributed by atoms with Gasteiger partial charge < -0.3 is 10.1 Å². The van der Waals surface area contributed by atoms with Crippen molar-refractivity contribution in [3.63, 3.8) is 0 Å². The molecule has 0 aliphatic rings. The molecule has 90 valence electrons. The molecule has 0 atom stereocenters. The van der Waals surface area contributed by atoms with Crippen LogP contribution in [0.5, 0.6) is 0 Å². The molecule has 2 aromatic heterocycles. The number of aromatic nitrogens is 3. The van der Waals surface area contributed by atoms with E-state index in [4.69, 9.17) is 4.74 Å². The van der Waals surface area contributed by atoms with Crippen LogP contribution in [-0.4, -0.2) is 35.0 Å². The summed E-state index contributed by atoms with van der Waals surface area (Å²) in [5.74, 6) is 0. The number of aryl methyl sites for hydroxylation is 1. The van der Waals surface area contributed by atoms with Gasteiger partial charge in [-0.15, -0.1) is 0 Å².